The number of aryl methyl sites for hydroxylation is 1. The van der Waals surface area contributed by atoms with Crippen molar-refractivity contribution in [1.82, 2.24) is 0 Å². The van der Waals surface area contributed by atoms with Crippen molar-refractivity contribution in [1.29, 1.82) is 0 Å². The second-order valence-corrected chi connectivity index (χ2v) is 7.13. The molecule has 0 aliphatic heterocycles. The molecule has 2 aromatic heterocycles. The molecule has 0 spiro atoms. The highest BCUT2D eigenvalue weighted by Crippen LogP contribution is 2.44. The minimum atomic E-state index is -0.402. The van der Waals surface area contributed by atoms with Crippen LogP contribution >= 0.6 is 34.3 Å². The topological polar surface area (TPSA) is 20.2 Å². The van der Waals surface area contributed by atoms with Gasteiger partial charge in [-0.2, -0.15) is 0 Å². The number of thiophene rings is 2. The predicted molar refractivity (Wildman–Crippen MR) is 74.3 cm³/mol. The first-order valence-corrected chi connectivity index (χ1v) is 7.82. The summed E-state index contributed by atoms with van der Waals surface area (Å²) < 4.78 is 0.750. The second-order valence-electron chi connectivity index (χ2n) is 4.38. The number of hydrogen-bond donors (Lipinski definition) is 1. The molecule has 4 heteroatoms. The summed E-state index contributed by atoms with van der Waals surface area (Å²) in [6, 6.07) is 5.97. The fourth-order valence-electron chi connectivity index (χ4n) is 2.54. The Morgan fingerprint density at radius 3 is 3.00 bits per heavy atom. The molecule has 1 nitrogen and oxygen atoms in total. The minimum absolute atomic E-state index is 0.250. The van der Waals surface area contributed by atoms with Crippen molar-refractivity contribution < 1.29 is 5.11 Å². The number of aliphatic hydroxyl groups excluding tert-OH is 1. The lowest BCUT2D eigenvalue weighted by Crippen LogP contribution is -2.14. The second kappa shape index (κ2) is 4.73. The smallest absolute Gasteiger partial charge is 0.0951 e. The molecule has 1 aliphatic rings. The summed E-state index contributed by atoms with van der Waals surface area (Å²) in [5, 5.41) is 12.6. The van der Waals surface area contributed by atoms with E-state index in [1.807, 2.05) is 23.5 Å². The molecule has 90 valence electrons. The highest BCUT2D eigenvalue weighted by Gasteiger charge is 2.29. The van der Waals surface area contributed by atoms with Crippen LogP contribution in [0.3, 0.4) is 0 Å². The third kappa shape index (κ3) is 2.17. The summed E-state index contributed by atoms with van der Waals surface area (Å²) in [4.78, 5) is 2.43. The molecule has 0 amide bonds. The van der Waals surface area contributed by atoms with Crippen LogP contribution in [-0.4, -0.2) is 5.11 Å². The zero-order valence-corrected chi connectivity index (χ0v) is 11.6. The van der Waals surface area contributed by atoms with Crippen molar-refractivity contribution in [2.75, 3.05) is 0 Å². The first-order valence-electron chi connectivity index (χ1n) is 5.75. The van der Waals surface area contributed by atoms with E-state index in [0.717, 1.165) is 15.6 Å². The van der Waals surface area contributed by atoms with Crippen LogP contribution in [0.15, 0.2) is 23.6 Å². The van der Waals surface area contributed by atoms with Gasteiger partial charge in [-0.3, -0.25) is 0 Å². The first kappa shape index (κ1) is 11.7. The Balaban J connectivity index is 1.91. The molecule has 2 unspecified atom stereocenters. The molecule has 2 aromatic rings. The van der Waals surface area contributed by atoms with Crippen molar-refractivity contribution in [2.24, 2.45) is 0 Å². The molecular weight excluding hydrogens is 272 g/mol. The quantitative estimate of drug-likeness (QED) is 0.853. The summed E-state index contributed by atoms with van der Waals surface area (Å²) in [5.74, 6) is 0.250. The number of rotatable bonds is 2. The van der Waals surface area contributed by atoms with E-state index >= 15 is 0 Å². The Morgan fingerprint density at radius 2 is 2.24 bits per heavy atom. The van der Waals surface area contributed by atoms with Crippen molar-refractivity contribution >= 4 is 34.3 Å². The first-order chi connectivity index (χ1) is 8.25. The van der Waals surface area contributed by atoms with Gasteiger partial charge >= 0.3 is 0 Å². The fourth-order valence-corrected chi connectivity index (χ4v) is 4.64. The number of aliphatic hydroxyl groups is 1. The summed E-state index contributed by atoms with van der Waals surface area (Å²) in [5.41, 5.74) is 1.35. The van der Waals surface area contributed by atoms with Crippen LogP contribution in [0.1, 0.15) is 40.2 Å². The predicted octanol–water partition coefficient (Wildman–Crippen LogP) is 4.62. The van der Waals surface area contributed by atoms with Gasteiger partial charge in [-0.25, -0.2) is 0 Å². The van der Waals surface area contributed by atoms with E-state index < -0.39 is 6.10 Å². The Labute approximate surface area is 114 Å². The minimum Gasteiger partial charge on any atom is -0.387 e. The highest BCUT2D eigenvalue weighted by molar-refractivity contribution is 7.16. The SMILES string of the molecule is OC(c1ccc(Cl)s1)C1CCCc2sccc21. The maximum absolute atomic E-state index is 10.5. The molecule has 1 aliphatic carbocycles. The highest BCUT2D eigenvalue weighted by atomic mass is 35.5. The summed E-state index contributed by atoms with van der Waals surface area (Å²) in [7, 11) is 0. The van der Waals surface area contributed by atoms with Crippen LogP contribution in [0.2, 0.25) is 4.34 Å². The molecule has 17 heavy (non-hydrogen) atoms. The van der Waals surface area contributed by atoms with Gasteiger partial charge in [0.25, 0.3) is 0 Å². The van der Waals surface area contributed by atoms with Gasteiger partial charge in [0.1, 0.15) is 0 Å². The Morgan fingerprint density at radius 1 is 1.35 bits per heavy atom. The van der Waals surface area contributed by atoms with E-state index in [1.54, 1.807) is 0 Å². The van der Waals surface area contributed by atoms with Gasteiger partial charge in [-0.15, -0.1) is 22.7 Å². The standard InChI is InChI=1S/C13H13ClOS2/c14-12-5-4-11(17-12)13(15)9-2-1-3-10-8(9)6-7-16-10/h4-7,9,13,15H,1-3H2. The Bertz CT molecular complexity index is 517. The van der Waals surface area contributed by atoms with E-state index in [1.165, 1.54) is 34.6 Å². The lowest BCUT2D eigenvalue weighted by Gasteiger charge is -2.26. The lowest BCUT2D eigenvalue weighted by atomic mass is 9.83. The van der Waals surface area contributed by atoms with Gasteiger partial charge < -0.3 is 5.11 Å². The van der Waals surface area contributed by atoms with Gasteiger partial charge in [0, 0.05) is 15.7 Å². The van der Waals surface area contributed by atoms with E-state index in [0.29, 0.717) is 0 Å². The Hall–Kier alpha value is -0.350. The van der Waals surface area contributed by atoms with Crippen LogP contribution in [0.25, 0.3) is 0 Å². The van der Waals surface area contributed by atoms with Crippen LogP contribution in [0, 0.1) is 0 Å². The maximum atomic E-state index is 10.5. The van der Waals surface area contributed by atoms with Crippen molar-refractivity contribution in [3.05, 3.63) is 43.2 Å². The van der Waals surface area contributed by atoms with Gasteiger partial charge in [-0.05, 0) is 48.4 Å². The average molecular weight is 285 g/mol. The zero-order chi connectivity index (χ0) is 11.8. The largest absolute Gasteiger partial charge is 0.387 e. The molecule has 0 radical (unpaired) electrons. The van der Waals surface area contributed by atoms with Crippen LogP contribution in [-0.2, 0) is 6.42 Å². The van der Waals surface area contributed by atoms with Gasteiger partial charge in [0.2, 0.25) is 0 Å². The molecule has 0 saturated carbocycles. The van der Waals surface area contributed by atoms with E-state index in [-0.39, 0.29) is 5.92 Å². The third-order valence-corrected chi connectivity index (χ3v) is 5.66. The molecule has 0 fully saturated rings. The van der Waals surface area contributed by atoms with Gasteiger partial charge in [0.15, 0.2) is 0 Å². The molecule has 0 aromatic carbocycles. The van der Waals surface area contributed by atoms with Gasteiger partial charge in [-0.1, -0.05) is 11.6 Å². The lowest BCUT2D eigenvalue weighted by molar-refractivity contribution is 0.140. The Kier molecular flexibility index (Phi) is 3.26. The molecule has 2 atom stereocenters. The number of hydrogen-bond acceptors (Lipinski definition) is 3. The van der Waals surface area contributed by atoms with Gasteiger partial charge in [0.05, 0.1) is 10.4 Å². The van der Waals surface area contributed by atoms with Crippen molar-refractivity contribution in [2.45, 2.75) is 31.3 Å². The normalized spacial score (nSPS) is 21.2. The fraction of sp³-hybridized carbons (Fsp3) is 0.385. The van der Waals surface area contributed by atoms with Crippen LogP contribution in [0.4, 0.5) is 0 Å². The molecule has 1 N–H and O–H groups in total. The van der Waals surface area contributed by atoms with E-state index in [9.17, 15) is 5.11 Å². The molecule has 3 rings (SSSR count). The summed E-state index contributed by atoms with van der Waals surface area (Å²) in [6.45, 7) is 0. The average Bonchev–Trinajstić information content (AvgIpc) is 2.95. The zero-order valence-electron chi connectivity index (χ0n) is 9.23. The monoisotopic (exact) mass is 284 g/mol. The van der Waals surface area contributed by atoms with Crippen LogP contribution < -0.4 is 0 Å². The molecule has 2 heterocycles. The van der Waals surface area contributed by atoms with E-state index in [2.05, 4.69) is 11.4 Å². The third-order valence-electron chi connectivity index (χ3n) is 3.36. The van der Waals surface area contributed by atoms with E-state index in [4.69, 9.17) is 11.6 Å². The molecule has 0 bridgehead atoms. The summed E-state index contributed by atoms with van der Waals surface area (Å²) >= 11 is 9.23. The van der Waals surface area contributed by atoms with Crippen molar-refractivity contribution in [3.63, 3.8) is 0 Å². The maximum Gasteiger partial charge on any atom is 0.0951 e. The molecular formula is C13H13ClOS2. The summed E-state index contributed by atoms with van der Waals surface area (Å²) in [6.07, 6.45) is 3.01. The number of fused-ring (bicyclic) bond motifs is 1. The van der Waals surface area contributed by atoms with Crippen molar-refractivity contribution in [3.8, 4) is 0 Å². The molecule has 0 saturated heterocycles. The van der Waals surface area contributed by atoms with Crippen LogP contribution in [0.5, 0.6) is 0 Å². The number of halogens is 1.